The minimum Gasteiger partial charge on any atom is -0.492 e. The van der Waals surface area contributed by atoms with Crippen LogP contribution in [0.2, 0.25) is 0 Å². The standard InChI is InChI=1S/C28H38O10/c1-6-31-17-35-24-14-12-22(16-26(24)37-19-33-8-3)23(29)13-10-21-11-15-25(36-18-32-7-2)28(27(21)30-5)38-20-34-9-4/h10-16H,6-9,17-20H2,1-5H3/b13-10+. The first-order valence-electron chi connectivity index (χ1n) is 12.5. The van der Waals surface area contributed by atoms with E-state index in [1.807, 2.05) is 27.7 Å². The van der Waals surface area contributed by atoms with Crippen molar-refractivity contribution in [1.82, 2.24) is 0 Å². The van der Waals surface area contributed by atoms with E-state index in [0.29, 0.717) is 66.3 Å². The van der Waals surface area contributed by atoms with E-state index in [4.69, 9.17) is 42.6 Å². The van der Waals surface area contributed by atoms with Crippen molar-refractivity contribution in [3.8, 4) is 28.7 Å². The number of carbonyl (C=O) groups is 1. The topological polar surface area (TPSA) is 100 Å². The molecule has 0 saturated carbocycles. The minimum absolute atomic E-state index is 0.00614. The van der Waals surface area contributed by atoms with Crippen LogP contribution >= 0.6 is 0 Å². The maximum atomic E-state index is 13.0. The number of ether oxygens (including phenoxy) is 9. The molecule has 10 heteroatoms. The molecule has 38 heavy (non-hydrogen) atoms. The van der Waals surface area contributed by atoms with E-state index in [1.165, 1.54) is 13.2 Å². The molecule has 0 atom stereocenters. The first-order valence-corrected chi connectivity index (χ1v) is 12.5. The predicted molar refractivity (Wildman–Crippen MR) is 141 cm³/mol. The number of hydrogen-bond acceptors (Lipinski definition) is 10. The smallest absolute Gasteiger partial charge is 0.206 e. The van der Waals surface area contributed by atoms with Gasteiger partial charge in [-0.2, -0.15) is 0 Å². The molecule has 0 aliphatic rings. The Morgan fingerprint density at radius 2 is 1.18 bits per heavy atom. The quantitative estimate of drug-likeness (QED) is 0.0989. The van der Waals surface area contributed by atoms with Crippen molar-refractivity contribution < 1.29 is 47.4 Å². The largest absolute Gasteiger partial charge is 0.492 e. The minimum atomic E-state index is -0.252. The van der Waals surface area contributed by atoms with E-state index in [2.05, 4.69) is 0 Å². The van der Waals surface area contributed by atoms with Crippen molar-refractivity contribution >= 4 is 11.9 Å². The molecular weight excluding hydrogens is 496 g/mol. The van der Waals surface area contributed by atoms with E-state index < -0.39 is 0 Å². The summed E-state index contributed by atoms with van der Waals surface area (Å²) in [5.74, 6) is 1.73. The number of allylic oxidation sites excluding steroid dienone is 1. The molecule has 2 rings (SSSR count). The third-order valence-electron chi connectivity index (χ3n) is 4.95. The molecule has 2 aromatic rings. The molecular formula is C28H38O10. The zero-order valence-electron chi connectivity index (χ0n) is 22.8. The molecule has 210 valence electrons. The number of benzene rings is 2. The van der Waals surface area contributed by atoms with Gasteiger partial charge < -0.3 is 42.6 Å². The Hall–Kier alpha value is -3.31. The first-order chi connectivity index (χ1) is 18.6. The molecule has 0 unspecified atom stereocenters. The van der Waals surface area contributed by atoms with Crippen molar-refractivity contribution in [2.75, 3.05) is 60.7 Å². The van der Waals surface area contributed by atoms with Gasteiger partial charge in [0.2, 0.25) is 5.75 Å². The van der Waals surface area contributed by atoms with E-state index in [0.717, 1.165) is 0 Å². The second-order valence-corrected chi connectivity index (χ2v) is 7.39. The lowest BCUT2D eigenvalue weighted by Crippen LogP contribution is -2.08. The fraction of sp³-hybridized carbons (Fsp3) is 0.464. The lowest BCUT2D eigenvalue weighted by molar-refractivity contribution is 0.00489. The van der Waals surface area contributed by atoms with Crippen LogP contribution in [0.3, 0.4) is 0 Å². The van der Waals surface area contributed by atoms with Gasteiger partial charge in [0.15, 0.2) is 56.0 Å². The van der Waals surface area contributed by atoms with Crippen LogP contribution in [0.25, 0.3) is 6.08 Å². The number of ketones is 1. The van der Waals surface area contributed by atoms with Gasteiger partial charge in [-0.05, 0) is 70.2 Å². The second-order valence-electron chi connectivity index (χ2n) is 7.39. The van der Waals surface area contributed by atoms with Crippen molar-refractivity contribution in [1.29, 1.82) is 0 Å². The number of rotatable bonds is 20. The summed E-state index contributed by atoms with van der Waals surface area (Å²) in [4.78, 5) is 13.0. The van der Waals surface area contributed by atoms with Crippen molar-refractivity contribution in [2.45, 2.75) is 27.7 Å². The van der Waals surface area contributed by atoms with Gasteiger partial charge in [0.25, 0.3) is 0 Å². The lowest BCUT2D eigenvalue weighted by atomic mass is 10.1. The molecule has 0 amide bonds. The van der Waals surface area contributed by atoms with Crippen LogP contribution in [0.5, 0.6) is 28.7 Å². The van der Waals surface area contributed by atoms with Crippen molar-refractivity contribution in [3.05, 3.63) is 47.5 Å². The normalized spacial score (nSPS) is 11.0. The third-order valence-corrected chi connectivity index (χ3v) is 4.95. The molecule has 0 aliphatic heterocycles. The van der Waals surface area contributed by atoms with Gasteiger partial charge in [-0.3, -0.25) is 4.79 Å². The number of carbonyl (C=O) groups excluding carboxylic acids is 1. The first kappa shape index (κ1) is 30.9. The molecule has 0 aromatic heterocycles. The summed E-state index contributed by atoms with van der Waals surface area (Å²) >= 11 is 0. The van der Waals surface area contributed by atoms with Gasteiger partial charge in [0.05, 0.1) is 7.11 Å². The number of hydrogen-bond donors (Lipinski definition) is 0. The molecule has 0 heterocycles. The van der Waals surface area contributed by atoms with Crippen LogP contribution in [0.1, 0.15) is 43.6 Å². The molecule has 0 fully saturated rings. The van der Waals surface area contributed by atoms with Gasteiger partial charge in [-0.15, -0.1) is 0 Å². The van der Waals surface area contributed by atoms with Gasteiger partial charge in [-0.25, -0.2) is 0 Å². The van der Waals surface area contributed by atoms with Gasteiger partial charge in [0, 0.05) is 37.6 Å². The molecule has 10 nitrogen and oxygen atoms in total. The highest BCUT2D eigenvalue weighted by Crippen LogP contribution is 2.41. The van der Waals surface area contributed by atoms with E-state index in [-0.39, 0.29) is 33.0 Å². The maximum Gasteiger partial charge on any atom is 0.206 e. The van der Waals surface area contributed by atoms with Crippen LogP contribution in [0, 0.1) is 0 Å². The van der Waals surface area contributed by atoms with Crippen LogP contribution in [-0.2, 0) is 18.9 Å². The SMILES string of the molecule is CCOCOc1ccc(C(=O)/C=C/c2ccc(OCOCC)c(OCOCC)c2OC)cc1OCOCC. The molecule has 0 spiro atoms. The highest BCUT2D eigenvalue weighted by molar-refractivity contribution is 6.07. The maximum absolute atomic E-state index is 13.0. The molecule has 0 radical (unpaired) electrons. The summed E-state index contributed by atoms with van der Waals surface area (Å²) in [6.07, 6.45) is 3.08. The van der Waals surface area contributed by atoms with Gasteiger partial charge >= 0.3 is 0 Å². The fourth-order valence-electron chi connectivity index (χ4n) is 3.06. The van der Waals surface area contributed by atoms with Crippen molar-refractivity contribution in [2.24, 2.45) is 0 Å². The zero-order valence-corrected chi connectivity index (χ0v) is 22.8. The Bertz CT molecular complexity index is 1010. The summed E-state index contributed by atoms with van der Waals surface area (Å²) < 4.78 is 49.5. The molecule has 0 N–H and O–H groups in total. The van der Waals surface area contributed by atoms with Gasteiger partial charge in [0.1, 0.15) is 0 Å². The van der Waals surface area contributed by atoms with Crippen LogP contribution in [0.15, 0.2) is 36.4 Å². The highest BCUT2D eigenvalue weighted by atomic mass is 16.7. The zero-order chi connectivity index (χ0) is 27.6. The average molecular weight is 535 g/mol. The second kappa shape index (κ2) is 18.0. The Balaban J connectivity index is 2.29. The highest BCUT2D eigenvalue weighted by Gasteiger charge is 2.17. The third kappa shape index (κ3) is 9.86. The van der Waals surface area contributed by atoms with Gasteiger partial charge in [-0.1, -0.05) is 0 Å². The summed E-state index contributed by atoms with van der Waals surface area (Å²) in [6.45, 7) is 9.60. The molecule has 0 aliphatic carbocycles. The summed E-state index contributed by atoms with van der Waals surface area (Å²) in [6, 6.07) is 8.40. The average Bonchev–Trinajstić information content (AvgIpc) is 2.93. The Kier molecular flexibility index (Phi) is 14.7. The van der Waals surface area contributed by atoms with Crippen molar-refractivity contribution in [3.63, 3.8) is 0 Å². The molecule has 2 aromatic carbocycles. The van der Waals surface area contributed by atoms with Crippen LogP contribution in [-0.4, -0.2) is 66.5 Å². The molecule has 0 bridgehead atoms. The van der Waals surface area contributed by atoms with Crippen LogP contribution < -0.4 is 23.7 Å². The molecule has 0 saturated heterocycles. The van der Waals surface area contributed by atoms with E-state index in [9.17, 15) is 4.79 Å². The summed E-state index contributed by atoms with van der Waals surface area (Å²) in [7, 11) is 1.51. The Morgan fingerprint density at radius 3 is 1.76 bits per heavy atom. The Labute approximate surface area is 224 Å². The number of methoxy groups -OCH3 is 1. The monoisotopic (exact) mass is 534 g/mol. The van der Waals surface area contributed by atoms with E-state index in [1.54, 1.807) is 36.4 Å². The van der Waals surface area contributed by atoms with E-state index >= 15 is 0 Å². The predicted octanol–water partition coefficient (Wildman–Crippen LogP) is 5.08. The summed E-state index contributed by atoms with van der Waals surface area (Å²) in [5, 5.41) is 0. The van der Waals surface area contributed by atoms with Crippen LogP contribution in [0.4, 0.5) is 0 Å². The summed E-state index contributed by atoms with van der Waals surface area (Å²) in [5.41, 5.74) is 1.01. The fourth-order valence-corrected chi connectivity index (χ4v) is 3.06. The lowest BCUT2D eigenvalue weighted by Gasteiger charge is -2.17. The Morgan fingerprint density at radius 1 is 0.658 bits per heavy atom.